The van der Waals surface area contributed by atoms with Crippen molar-refractivity contribution in [3.05, 3.63) is 126 Å². The molecule has 5 aromatic rings. The molecule has 0 saturated heterocycles. The molecular weight excluding hydrogens is 474 g/mol. The van der Waals surface area contributed by atoms with Gasteiger partial charge in [-0.25, -0.2) is 12.4 Å². The van der Waals surface area contributed by atoms with E-state index in [1.54, 1.807) is 73.8 Å². The molecule has 0 atom stereocenters. The summed E-state index contributed by atoms with van der Waals surface area (Å²) in [6, 6.07) is 31.1. The van der Waals surface area contributed by atoms with Crippen molar-refractivity contribution < 1.29 is 22.7 Å². The monoisotopic (exact) mass is 497 g/mol. The van der Waals surface area contributed by atoms with E-state index in [0.29, 0.717) is 34.6 Å². The highest BCUT2D eigenvalue weighted by Crippen LogP contribution is 2.30. The Kier molecular flexibility index (Phi) is 6.31. The van der Waals surface area contributed by atoms with Gasteiger partial charge < -0.3 is 9.47 Å². The Hall–Kier alpha value is -4.36. The highest BCUT2D eigenvalue weighted by molar-refractivity contribution is 7.90. The summed E-state index contributed by atoms with van der Waals surface area (Å²) in [6.07, 6.45) is 0. The minimum Gasteiger partial charge on any atom is -0.497 e. The molecule has 0 aliphatic rings. The second-order valence-electron chi connectivity index (χ2n) is 8.16. The van der Waals surface area contributed by atoms with E-state index in [4.69, 9.17) is 9.47 Å². The standard InChI is InChI=1S/C29H23NO5S/c1-34-24-14-12-22(13-15-24)29(31)28-19-23-18-25(35-20-21-8-4-2-5-9-21)16-17-27(23)30(28)36(32,33)26-10-6-3-7-11-26/h2-19H,20H2,1H3. The number of aromatic nitrogens is 1. The molecular formula is C29H23NO5S. The van der Waals surface area contributed by atoms with Crippen LogP contribution in [0.15, 0.2) is 114 Å². The number of ether oxygens (including phenoxy) is 2. The minimum atomic E-state index is -4.06. The number of methoxy groups -OCH3 is 1. The fourth-order valence-electron chi connectivity index (χ4n) is 4.00. The van der Waals surface area contributed by atoms with Crippen LogP contribution in [0.25, 0.3) is 10.9 Å². The number of nitrogens with zero attached hydrogens (tertiary/aromatic N) is 1. The van der Waals surface area contributed by atoms with E-state index in [9.17, 15) is 13.2 Å². The molecule has 0 spiro atoms. The van der Waals surface area contributed by atoms with Crippen LogP contribution in [0.5, 0.6) is 11.5 Å². The summed E-state index contributed by atoms with van der Waals surface area (Å²) in [5, 5.41) is 0.580. The fraction of sp³-hybridized carbons (Fsp3) is 0.0690. The zero-order chi connectivity index (χ0) is 25.1. The number of carbonyl (C=O) groups excluding carboxylic acids is 1. The van der Waals surface area contributed by atoms with Gasteiger partial charge >= 0.3 is 0 Å². The Labute approximate surface area is 209 Å². The molecule has 7 heteroatoms. The van der Waals surface area contributed by atoms with E-state index in [-0.39, 0.29) is 10.6 Å². The third kappa shape index (κ3) is 4.48. The van der Waals surface area contributed by atoms with Crippen molar-refractivity contribution in [3.63, 3.8) is 0 Å². The maximum atomic E-state index is 13.7. The normalized spacial score (nSPS) is 11.4. The van der Waals surface area contributed by atoms with E-state index in [2.05, 4.69) is 0 Å². The predicted molar refractivity (Wildman–Crippen MR) is 138 cm³/mol. The maximum absolute atomic E-state index is 13.7. The number of ketones is 1. The van der Waals surface area contributed by atoms with Crippen molar-refractivity contribution in [2.45, 2.75) is 11.5 Å². The molecule has 0 aliphatic heterocycles. The molecule has 0 N–H and O–H groups in total. The summed E-state index contributed by atoms with van der Waals surface area (Å²) >= 11 is 0. The van der Waals surface area contributed by atoms with E-state index in [1.165, 1.54) is 12.1 Å². The lowest BCUT2D eigenvalue weighted by atomic mass is 10.1. The molecule has 4 aromatic carbocycles. The summed E-state index contributed by atoms with van der Waals surface area (Å²) in [7, 11) is -2.52. The summed E-state index contributed by atoms with van der Waals surface area (Å²) in [6.45, 7) is 0.368. The summed E-state index contributed by atoms with van der Waals surface area (Å²) in [5.74, 6) is 0.758. The van der Waals surface area contributed by atoms with Gasteiger partial charge in [-0.3, -0.25) is 4.79 Å². The van der Waals surface area contributed by atoms with Crippen molar-refractivity contribution in [2.24, 2.45) is 0 Å². The van der Waals surface area contributed by atoms with Crippen molar-refractivity contribution in [1.82, 2.24) is 3.97 Å². The highest BCUT2D eigenvalue weighted by Gasteiger charge is 2.27. The lowest BCUT2D eigenvalue weighted by Gasteiger charge is -2.12. The van der Waals surface area contributed by atoms with Crippen molar-refractivity contribution in [3.8, 4) is 11.5 Å². The van der Waals surface area contributed by atoms with Gasteiger partial charge in [-0.05, 0) is 66.2 Å². The van der Waals surface area contributed by atoms with E-state index in [0.717, 1.165) is 9.54 Å². The van der Waals surface area contributed by atoms with Gasteiger partial charge in [0.15, 0.2) is 0 Å². The Bertz CT molecular complexity index is 1620. The molecule has 5 rings (SSSR count). The Morgan fingerprint density at radius 2 is 1.42 bits per heavy atom. The van der Waals surface area contributed by atoms with Crippen LogP contribution in [0.2, 0.25) is 0 Å². The van der Waals surface area contributed by atoms with Crippen LogP contribution in [0.4, 0.5) is 0 Å². The van der Waals surface area contributed by atoms with Crippen molar-refractivity contribution in [2.75, 3.05) is 7.11 Å². The third-order valence-corrected chi connectivity index (χ3v) is 7.59. The summed E-state index contributed by atoms with van der Waals surface area (Å²) in [5.41, 5.74) is 1.79. The van der Waals surface area contributed by atoms with Crippen LogP contribution in [0.3, 0.4) is 0 Å². The molecule has 0 saturated carbocycles. The molecule has 180 valence electrons. The lowest BCUT2D eigenvalue weighted by Crippen LogP contribution is -2.19. The first kappa shape index (κ1) is 23.4. The topological polar surface area (TPSA) is 74.6 Å². The molecule has 36 heavy (non-hydrogen) atoms. The summed E-state index contributed by atoms with van der Waals surface area (Å²) in [4.78, 5) is 13.6. The van der Waals surface area contributed by atoms with Gasteiger partial charge in [-0.15, -0.1) is 0 Å². The number of rotatable bonds is 8. The molecule has 0 aliphatic carbocycles. The maximum Gasteiger partial charge on any atom is 0.268 e. The molecule has 1 heterocycles. The number of benzene rings is 4. The first-order chi connectivity index (χ1) is 17.5. The molecule has 0 bridgehead atoms. The van der Waals surface area contributed by atoms with Gasteiger partial charge in [0.1, 0.15) is 23.8 Å². The zero-order valence-corrected chi connectivity index (χ0v) is 20.3. The Morgan fingerprint density at radius 1 is 0.778 bits per heavy atom. The molecule has 0 unspecified atom stereocenters. The quantitative estimate of drug-likeness (QED) is 0.257. The molecule has 0 fully saturated rings. The van der Waals surface area contributed by atoms with Crippen molar-refractivity contribution in [1.29, 1.82) is 0 Å². The van der Waals surface area contributed by atoms with Crippen LogP contribution in [0, 0.1) is 0 Å². The molecule has 0 radical (unpaired) electrons. The smallest absolute Gasteiger partial charge is 0.268 e. The van der Waals surface area contributed by atoms with Gasteiger partial charge in [0.2, 0.25) is 5.78 Å². The van der Waals surface area contributed by atoms with Gasteiger partial charge in [-0.1, -0.05) is 48.5 Å². The van der Waals surface area contributed by atoms with E-state index < -0.39 is 15.8 Å². The second-order valence-corrected chi connectivity index (χ2v) is 9.95. The Morgan fingerprint density at radius 3 is 2.08 bits per heavy atom. The van der Waals surface area contributed by atoms with Crippen LogP contribution < -0.4 is 9.47 Å². The van der Waals surface area contributed by atoms with Crippen molar-refractivity contribution >= 4 is 26.7 Å². The molecule has 0 amide bonds. The fourth-order valence-corrected chi connectivity index (χ4v) is 5.54. The minimum absolute atomic E-state index is 0.0410. The number of carbonyl (C=O) groups is 1. The van der Waals surface area contributed by atoms with Crippen LogP contribution in [0.1, 0.15) is 21.6 Å². The number of hydrogen-bond donors (Lipinski definition) is 0. The van der Waals surface area contributed by atoms with E-state index in [1.807, 2.05) is 30.3 Å². The second kappa shape index (κ2) is 9.71. The average Bonchev–Trinajstić information content (AvgIpc) is 3.32. The van der Waals surface area contributed by atoms with Gasteiger partial charge in [0, 0.05) is 10.9 Å². The van der Waals surface area contributed by atoms with E-state index >= 15 is 0 Å². The van der Waals surface area contributed by atoms with Crippen LogP contribution in [-0.4, -0.2) is 25.3 Å². The molecule has 1 aromatic heterocycles. The van der Waals surface area contributed by atoms with Gasteiger partial charge in [0.05, 0.1) is 17.5 Å². The highest BCUT2D eigenvalue weighted by atomic mass is 32.2. The Balaban J connectivity index is 1.61. The first-order valence-corrected chi connectivity index (χ1v) is 12.7. The van der Waals surface area contributed by atoms with Gasteiger partial charge in [0.25, 0.3) is 10.0 Å². The first-order valence-electron chi connectivity index (χ1n) is 11.3. The number of hydrogen-bond acceptors (Lipinski definition) is 5. The lowest BCUT2D eigenvalue weighted by molar-refractivity contribution is 0.103. The van der Waals surface area contributed by atoms with Gasteiger partial charge in [-0.2, -0.15) is 0 Å². The predicted octanol–water partition coefficient (Wildman–Crippen LogP) is 5.70. The summed E-state index contributed by atoms with van der Waals surface area (Å²) < 4.78 is 39.7. The average molecular weight is 498 g/mol. The number of fused-ring (bicyclic) bond motifs is 1. The van der Waals surface area contributed by atoms with Crippen LogP contribution >= 0.6 is 0 Å². The largest absolute Gasteiger partial charge is 0.497 e. The molecule has 6 nitrogen and oxygen atoms in total. The SMILES string of the molecule is COc1ccc(C(=O)c2cc3cc(OCc4ccccc4)ccc3n2S(=O)(=O)c2ccccc2)cc1. The van der Waals surface area contributed by atoms with Crippen LogP contribution in [-0.2, 0) is 16.6 Å². The zero-order valence-electron chi connectivity index (χ0n) is 19.5. The third-order valence-electron chi connectivity index (χ3n) is 5.84.